The summed E-state index contributed by atoms with van der Waals surface area (Å²) in [5, 5.41) is 3.32. The van der Waals surface area contributed by atoms with E-state index in [1.165, 1.54) is 6.07 Å². The van der Waals surface area contributed by atoms with E-state index in [2.05, 4.69) is 5.32 Å². The molecule has 5 heteroatoms. The first kappa shape index (κ1) is 14.5. The molecule has 20 heavy (non-hydrogen) atoms. The molecule has 0 radical (unpaired) electrons. The average Bonchev–Trinajstić information content (AvgIpc) is 2.39. The van der Waals surface area contributed by atoms with E-state index in [4.69, 9.17) is 22.1 Å². The SMILES string of the molecule is CCCOc1cc(N)cc(Nc2ccc(Cl)cc2F)c1. The maximum Gasteiger partial charge on any atom is 0.148 e. The summed E-state index contributed by atoms with van der Waals surface area (Å²) in [5.74, 6) is 0.236. The van der Waals surface area contributed by atoms with Gasteiger partial charge in [0.25, 0.3) is 0 Å². The van der Waals surface area contributed by atoms with Crippen molar-refractivity contribution in [1.29, 1.82) is 0 Å². The zero-order chi connectivity index (χ0) is 14.5. The van der Waals surface area contributed by atoms with Gasteiger partial charge in [0.1, 0.15) is 11.6 Å². The number of halogens is 2. The minimum absolute atomic E-state index is 0.335. The number of hydrogen-bond donors (Lipinski definition) is 2. The van der Waals surface area contributed by atoms with Crippen LogP contribution in [0.3, 0.4) is 0 Å². The van der Waals surface area contributed by atoms with Crippen molar-refractivity contribution in [3.8, 4) is 5.75 Å². The predicted molar refractivity (Wildman–Crippen MR) is 81.3 cm³/mol. The normalized spacial score (nSPS) is 10.3. The molecule has 0 amide bonds. The Morgan fingerprint density at radius 2 is 2.05 bits per heavy atom. The molecule has 3 N–H and O–H groups in total. The van der Waals surface area contributed by atoms with Gasteiger partial charge in [-0.05, 0) is 30.7 Å². The fraction of sp³-hybridized carbons (Fsp3) is 0.200. The summed E-state index contributed by atoms with van der Waals surface area (Å²) < 4.78 is 19.3. The number of ether oxygens (including phenoxy) is 1. The van der Waals surface area contributed by atoms with Crippen LogP contribution in [0.15, 0.2) is 36.4 Å². The first-order chi connectivity index (χ1) is 9.58. The molecule has 0 spiro atoms. The first-order valence-corrected chi connectivity index (χ1v) is 6.71. The standard InChI is InChI=1S/C15H16ClFN2O/c1-2-5-20-13-8-11(18)7-12(9-13)19-15-4-3-10(16)6-14(15)17/h3-4,6-9,19H,2,5,18H2,1H3. The van der Waals surface area contributed by atoms with E-state index in [0.717, 1.165) is 6.42 Å². The van der Waals surface area contributed by atoms with Gasteiger partial charge in [-0.2, -0.15) is 0 Å². The van der Waals surface area contributed by atoms with Crippen molar-refractivity contribution >= 4 is 28.7 Å². The third kappa shape index (κ3) is 3.78. The van der Waals surface area contributed by atoms with E-state index in [-0.39, 0.29) is 0 Å². The lowest BCUT2D eigenvalue weighted by Crippen LogP contribution is -1.99. The van der Waals surface area contributed by atoms with E-state index in [1.807, 2.05) is 6.92 Å². The van der Waals surface area contributed by atoms with Gasteiger partial charge in [0.15, 0.2) is 0 Å². The lowest BCUT2D eigenvalue weighted by Gasteiger charge is -2.11. The molecule has 3 nitrogen and oxygen atoms in total. The largest absolute Gasteiger partial charge is 0.493 e. The molecule has 0 aromatic heterocycles. The van der Waals surface area contributed by atoms with Gasteiger partial charge in [-0.25, -0.2) is 4.39 Å². The molecular weight excluding hydrogens is 279 g/mol. The molecule has 0 aliphatic carbocycles. The molecule has 0 saturated carbocycles. The molecular formula is C15H16ClFN2O. The van der Waals surface area contributed by atoms with E-state index in [0.29, 0.717) is 34.4 Å². The van der Waals surface area contributed by atoms with Crippen LogP contribution in [0.1, 0.15) is 13.3 Å². The molecule has 0 aliphatic heterocycles. The Hall–Kier alpha value is -1.94. The van der Waals surface area contributed by atoms with Crippen LogP contribution in [0.2, 0.25) is 5.02 Å². The first-order valence-electron chi connectivity index (χ1n) is 6.34. The number of rotatable bonds is 5. The Morgan fingerprint density at radius 3 is 2.75 bits per heavy atom. The van der Waals surface area contributed by atoms with Crippen molar-refractivity contribution in [2.75, 3.05) is 17.7 Å². The van der Waals surface area contributed by atoms with Crippen molar-refractivity contribution in [3.05, 3.63) is 47.2 Å². The van der Waals surface area contributed by atoms with Crippen molar-refractivity contribution in [2.45, 2.75) is 13.3 Å². The molecule has 0 unspecified atom stereocenters. The summed E-state index contributed by atoms with van der Waals surface area (Å²) >= 11 is 5.72. The Labute approximate surface area is 122 Å². The highest BCUT2D eigenvalue weighted by Gasteiger charge is 2.05. The average molecular weight is 295 g/mol. The summed E-state index contributed by atoms with van der Waals surface area (Å²) in [6.07, 6.45) is 0.906. The van der Waals surface area contributed by atoms with E-state index >= 15 is 0 Å². The molecule has 0 heterocycles. The van der Waals surface area contributed by atoms with Crippen molar-refractivity contribution in [3.63, 3.8) is 0 Å². The molecule has 2 aromatic carbocycles. The number of benzene rings is 2. The van der Waals surface area contributed by atoms with Crippen molar-refractivity contribution in [1.82, 2.24) is 0 Å². The van der Waals surface area contributed by atoms with Crippen LogP contribution in [0.5, 0.6) is 5.75 Å². The Morgan fingerprint density at radius 1 is 1.25 bits per heavy atom. The second-order valence-electron chi connectivity index (χ2n) is 4.39. The molecule has 2 rings (SSSR count). The lowest BCUT2D eigenvalue weighted by atomic mass is 10.2. The van der Waals surface area contributed by atoms with Crippen molar-refractivity contribution in [2.24, 2.45) is 0 Å². The third-order valence-corrected chi connectivity index (χ3v) is 2.85. The molecule has 0 aliphatic rings. The summed E-state index contributed by atoms with van der Waals surface area (Å²) in [6, 6.07) is 9.68. The topological polar surface area (TPSA) is 47.3 Å². The second-order valence-corrected chi connectivity index (χ2v) is 4.82. The summed E-state index contributed by atoms with van der Waals surface area (Å²) in [5.41, 5.74) is 7.36. The van der Waals surface area contributed by atoms with Gasteiger partial charge in [0.2, 0.25) is 0 Å². The van der Waals surface area contributed by atoms with Crippen LogP contribution in [0.4, 0.5) is 21.5 Å². The van der Waals surface area contributed by atoms with Crippen LogP contribution in [-0.4, -0.2) is 6.61 Å². The summed E-state index contributed by atoms with van der Waals surface area (Å²) in [7, 11) is 0. The second kappa shape index (κ2) is 6.48. The monoisotopic (exact) mass is 294 g/mol. The quantitative estimate of drug-likeness (QED) is 0.793. The number of nitrogens with one attached hydrogen (secondary N) is 1. The molecule has 2 aromatic rings. The Balaban J connectivity index is 2.21. The zero-order valence-corrected chi connectivity index (χ0v) is 11.9. The van der Waals surface area contributed by atoms with Crippen LogP contribution < -0.4 is 15.8 Å². The number of hydrogen-bond acceptors (Lipinski definition) is 3. The fourth-order valence-electron chi connectivity index (χ4n) is 1.74. The van der Waals surface area contributed by atoms with Gasteiger partial charge in [0, 0.05) is 28.5 Å². The Bertz CT molecular complexity index is 604. The van der Waals surface area contributed by atoms with Gasteiger partial charge in [-0.1, -0.05) is 18.5 Å². The minimum atomic E-state index is -0.420. The third-order valence-electron chi connectivity index (χ3n) is 2.61. The molecule has 0 atom stereocenters. The number of nitrogen functional groups attached to an aromatic ring is 1. The smallest absolute Gasteiger partial charge is 0.148 e. The van der Waals surface area contributed by atoms with E-state index < -0.39 is 5.82 Å². The highest BCUT2D eigenvalue weighted by atomic mass is 35.5. The van der Waals surface area contributed by atoms with Crippen LogP contribution >= 0.6 is 11.6 Å². The fourth-order valence-corrected chi connectivity index (χ4v) is 1.90. The van der Waals surface area contributed by atoms with Crippen LogP contribution in [0, 0.1) is 5.82 Å². The van der Waals surface area contributed by atoms with E-state index in [9.17, 15) is 4.39 Å². The highest BCUT2D eigenvalue weighted by Crippen LogP contribution is 2.27. The minimum Gasteiger partial charge on any atom is -0.493 e. The number of nitrogens with two attached hydrogens (primary N) is 1. The lowest BCUT2D eigenvalue weighted by molar-refractivity contribution is 0.318. The predicted octanol–water partition coefficient (Wildman–Crippen LogP) is 4.59. The molecule has 0 bridgehead atoms. The van der Waals surface area contributed by atoms with Gasteiger partial charge < -0.3 is 15.8 Å². The molecule has 0 fully saturated rings. The summed E-state index contributed by atoms with van der Waals surface area (Å²) in [4.78, 5) is 0. The van der Waals surface area contributed by atoms with Gasteiger partial charge in [-0.3, -0.25) is 0 Å². The van der Waals surface area contributed by atoms with Gasteiger partial charge >= 0.3 is 0 Å². The van der Waals surface area contributed by atoms with Crippen LogP contribution in [-0.2, 0) is 0 Å². The maximum atomic E-state index is 13.7. The maximum absolute atomic E-state index is 13.7. The van der Waals surface area contributed by atoms with Gasteiger partial charge in [-0.15, -0.1) is 0 Å². The molecule has 0 saturated heterocycles. The number of anilines is 3. The summed E-state index contributed by atoms with van der Waals surface area (Å²) in [6.45, 7) is 2.63. The van der Waals surface area contributed by atoms with Crippen molar-refractivity contribution < 1.29 is 9.13 Å². The zero-order valence-electron chi connectivity index (χ0n) is 11.1. The molecule has 106 valence electrons. The Kier molecular flexibility index (Phi) is 4.69. The van der Waals surface area contributed by atoms with E-state index in [1.54, 1.807) is 30.3 Å². The van der Waals surface area contributed by atoms with Crippen LogP contribution in [0.25, 0.3) is 0 Å². The highest BCUT2D eigenvalue weighted by molar-refractivity contribution is 6.30. The van der Waals surface area contributed by atoms with Gasteiger partial charge in [0.05, 0.1) is 12.3 Å².